The first kappa shape index (κ1) is 12.0. The van der Waals surface area contributed by atoms with Crippen LogP contribution in [0, 0.1) is 11.3 Å². The predicted molar refractivity (Wildman–Crippen MR) is 67.8 cm³/mol. The van der Waals surface area contributed by atoms with E-state index in [1.165, 1.54) is 0 Å². The average molecular weight is 247 g/mol. The maximum atomic E-state index is 8.55. The Hall–Kier alpha value is -1.51. The van der Waals surface area contributed by atoms with Crippen molar-refractivity contribution in [2.75, 3.05) is 12.4 Å². The Labute approximate surface area is 104 Å². The van der Waals surface area contributed by atoms with Crippen molar-refractivity contribution in [2.45, 2.75) is 18.2 Å². The van der Waals surface area contributed by atoms with Gasteiger partial charge in [-0.25, -0.2) is 4.98 Å². The lowest BCUT2D eigenvalue weighted by Gasteiger charge is -2.03. The smallest absolute Gasteiger partial charge is 0.166 e. The van der Waals surface area contributed by atoms with E-state index in [2.05, 4.69) is 9.97 Å². The second-order valence-corrected chi connectivity index (χ2v) is 4.63. The molecule has 0 amide bonds. The quantitative estimate of drug-likeness (QED) is 0.651. The molecule has 1 unspecified atom stereocenters. The number of ether oxygens (including phenoxy) is 1. The highest BCUT2D eigenvalue weighted by atomic mass is 32.2. The van der Waals surface area contributed by atoms with Crippen LogP contribution in [0.3, 0.4) is 0 Å². The monoisotopic (exact) mass is 247 g/mol. The number of aromatic amines is 1. The molecule has 2 aromatic rings. The van der Waals surface area contributed by atoms with E-state index < -0.39 is 0 Å². The maximum absolute atomic E-state index is 8.55. The molecule has 2 rings (SSSR count). The minimum Gasteiger partial charge on any atom is -0.363 e. The van der Waals surface area contributed by atoms with E-state index in [-0.39, 0.29) is 6.10 Å². The molecule has 1 heterocycles. The van der Waals surface area contributed by atoms with Crippen LogP contribution in [0.25, 0.3) is 11.0 Å². The van der Waals surface area contributed by atoms with Gasteiger partial charge >= 0.3 is 0 Å². The van der Waals surface area contributed by atoms with Gasteiger partial charge in [0.05, 0.1) is 23.7 Å². The Morgan fingerprint density at radius 2 is 2.35 bits per heavy atom. The third-order valence-corrected chi connectivity index (χ3v) is 3.08. The Bertz CT molecular complexity index is 499. The molecule has 0 aliphatic heterocycles. The number of hydrogen-bond donors (Lipinski definition) is 1. The summed E-state index contributed by atoms with van der Waals surface area (Å²) in [5.41, 5.74) is 2.02. The van der Waals surface area contributed by atoms with E-state index in [1.807, 2.05) is 30.3 Å². The van der Waals surface area contributed by atoms with Crippen molar-refractivity contribution in [3.8, 4) is 6.07 Å². The summed E-state index contributed by atoms with van der Waals surface area (Å²) in [5, 5.41) is 9.43. The highest BCUT2D eigenvalue weighted by Gasteiger charge is 2.03. The van der Waals surface area contributed by atoms with Crippen molar-refractivity contribution in [2.24, 2.45) is 0 Å². The molecule has 1 aromatic heterocycles. The summed E-state index contributed by atoms with van der Waals surface area (Å²) < 4.78 is 5.26. The third kappa shape index (κ3) is 3.22. The molecule has 0 aliphatic carbocycles. The van der Waals surface area contributed by atoms with Crippen molar-refractivity contribution in [1.82, 2.24) is 9.97 Å². The minimum atomic E-state index is -0.341. The molecule has 0 saturated heterocycles. The van der Waals surface area contributed by atoms with Crippen molar-refractivity contribution in [3.05, 3.63) is 24.3 Å². The molecule has 1 N–H and O–H groups in total. The molecular weight excluding hydrogens is 234 g/mol. The van der Waals surface area contributed by atoms with Crippen LogP contribution in [0.4, 0.5) is 0 Å². The van der Waals surface area contributed by atoms with E-state index >= 15 is 0 Å². The maximum Gasteiger partial charge on any atom is 0.166 e. The number of H-pyrrole nitrogens is 1. The van der Waals surface area contributed by atoms with Crippen LogP contribution < -0.4 is 0 Å². The van der Waals surface area contributed by atoms with Gasteiger partial charge in [0.15, 0.2) is 5.16 Å². The number of aromatic nitrogens is 2. The van der Waals surface area contributed by atoms with Crippen molar-refractivity contribution >= 4 is 22.8 Å². The van der Waals surface area contributed by atoms with Gasteiger partial charge in [-0.2, -0.15) is 5.26 Å². The fourth-order valence-corrected chi connectivity index (χ4v) is 2.12. The SMILES string of the molecule is CC(C#N)OCCSc1nc2ccccc2[nH]1. The Morgan fingerprint density at radius 3 is 3.12 bits per heavy atom. The van der Waals surface area contributed by atoms with E-state index in [0.29, 0.717) is 6.61 Å². The van der Waals surface area contributed by atoms with E-state index in [0.717, 1.165) is 21.9 Å². The topological polar surface area (TPSA) is 61.7 Å². The number of nitriles is 1. The van der Waals surface area contributed by atoms with E-state index in [9.17, 15) is 0 Å². The van der Waals surface area contributed by atoms with E-state index in [1.54, 1.807) is 18.7 Å². The van der Waals surface area contributed by atoms with Gasteiger partial charge in [0.25, 0.3) is 0 Å². The summed E-state index contributed by atoms with van der Waals surface area (Å²) in [4.78, 5) is 7.67. The van der Waals surface area contributed by atoms with Gasteiger partial charge in [0, 0.05) is 5.75 Å². The Balaban J connectivity index is 1.85. The number of imidazole rings is 1. The van der Waals surface area contributed by atoms with Gasteiger partial charge in [-0.1, -0.05) is 23.9 Å². The molecule has 1 atom stereocenters. The van der Waals surface area contributed by atoms with Gasteiger partial charge in [-0.3, -0.25) is 0 Å². The number of hydrogen-bond acceptors (Lipinski definition) is 4. The standard InChI is InChI=1S/C12H13N3OS/c1-9(8-13)16-6-7-17-12-14-10-4-2-3-5-11(10)15-12/h2-5,9H,6-7H2,1H3,(H,14,15). The van der Waals surface area contributed by atoms with Crippen LogP contribution in [0.1, 0.15) is 6.92 Å². The van der Waals surface area contributed by atoms with Crippen LogP contribution in [0.2, 0.25) is 0 Å². The zero-order valence-electron chi connectivity index (χ0n) is 9.51. The fourth-order valence-electron chi connectivity index (χ4n) is 1.40. The number of para-hydroxylation sites is 2. The molecule has 0 aliphatic rings. The molecule has 0 fully saturated rings. The molecule has 88 valence electrons. The van der Waals surface area contributed by atoms with Gasteiger partial charge in [0.1, 0.15) is 6.10 Å². The predicted octanol–water partition coefficient (Wildman–Crippen LogP) is 2.58. The Kier molecular flexibility index (Phi) is 4.02. The van der Waals surface area contributed by atoms with Crippen LogP contribution in [0.15, 0.2) is 29.4 Å². The number of fused-ring (bicyclic) bond motifs is 1. The molecule has 17 heavy (non-hydrogen) atoms. The summed E-state index contributed by atoms with van der Waals surface area (Å²) in [6.07, 6.45) is -0.341. The zero-order valence-corrected chi connectivity index (χ0v) is 10.3. The van der Waals surface area contributed by atoms with E-state index in [4.69, 9.17) is 10.00 Å². The average Bonchev–Trinajstić information content (AvgIpc) is 2.76. The van der Waals surface area contributed by atoms with Gasteiger partial charge in [0.2, 0.25) is 0 Å². The molecular formula is C12H13N3OS. The van der Waals surface area contributed by atoms with Gasteiger partial charge < -0.3 is 9.72 Å². The minimum absolute atomic E-state index is 0.341. The van der Waals surface area contributed by atoms with Crippen molar-refractivity contribution < 1.29 is 4.74 Å². The first-order valence-corrected chi connectivity index (χ1v) is 6.37. The molecule has 1 aromatic carbocycles. The fraction of sp³-hybridized carbons (Fsp3) is 0.333. The molecule has 0 bridgehead atoms. The third-order valence-electron chi connectivity index (χ3n) is 2.24. The number of nitrogens with one attached hydrogen (secondary N) is 1. The van der Waals surface area contributed by atoms with Crippen molar-refractivity contribution in [3.63, 3.8) is 0 Å². The summed E-state index contributed by atoms with van der Waals surface area (Å²) in [7, 11) is 0. The second-order valence-electron chi connectivity index (χ2n) is 3.55. The molecule has 4 nitrogen and oxygen atoms in total. The lowest BCUT2D eigenvalue weighted by Crippen LogP contribution is -2.07. The van der Waals surface area contributed by atoms with Gasteiger partial charge in [-0.15, -0.1) is 0 Å². The van der Waals surface area contributed by atoms with Crippen molar-refractivity contribution in [1.29, 1.82) is 5.26 Å². The van der Waals surface area contributed by atoms with Crippen LogP contribution in [-0.4, -0.2) is 28.4 Å². The Morgan fingerprint density at radius 1 is 1.53 bits per heavy atom. The van der Waals surface area contributed by atoms with Crippen LogP contribution in [-0.2, 0) is 4.74 Å². The number of rotatable bonds is 5. The van der Waals surface area contributed by atoms with Crippen LogP contribution >= 0.6 is 11.8 Å². The number of nitrogens with zero attached hydrogens (tertiary/aromatic N) is 2. The molecule has 0 radical (unpaired) electrons. The summed E-state index contributed by atoms with van der Waals surface area (Å²) in [5.74, 6) is 0.784. The number of benzene rings is 1. The normalized spacial score (nSPS) is 12.5. The van der Waals surface area contributed by atoms with Gasteiger partial charge in [-0.05, 0) is 19.1 Å². The molecule has 0 spiro atoms. The first-order valence-electron chi connectivity index (χ1n) is 5.38. The summed E-state index contributed by atoms with van der Waals surface area (Å²) in [6.45, 7) is 2.29. The second kappa shape index (κ2) is 5.71. The lowest BCUT2D eigenvalue weighted by atomic mass is 10.3. The molecule has 5 heteroatoms. The lowest BCUT2D eigenvalue weighted by molar-refractivity contribution is 0.117. The summed E-state index contributed by atoms with van der Waals surface area (Å²) >= 11 is 1.60. The van der Waals surface area contributed by atoms with Crippen LogP contribution in [0.5, 0.6) is 0 Å². The first-order chi connectivity index (χ1) is 8.29. The highest BCUT2D eigenvalue weighted by molar-refractivity contribution is 7.99. The number of thioether (sulfide) groups is 1. The highest BCUT2D eigenvalue weighted by Crippen LogP contribution is 2.18. The molecule has 0 saturated carbocycles. The summed E-state index contributed by atoms with van der Waals surface area (Å²) in [6, 6.07) is 9.95. The zero-order chi connectivity index (χ0) is 12.1. The largest absolute Gasteiger partial charge is 0.363 e.